The van der Waals surface area contributed by atoms with Gasteiger partial charge in [0.15, 0.2) is 0 Å². The molecule has 0 atom stereocenters. The van der Waals surface area contributed by atoms with Crippen LogP contribution in [0, 0.1) is 10.1 Å². The molecular weight excluding hydrogens is 407 g/mol. The molecule has 0 saturated heterocycles. The van der Waals surface area contributed by atoms with Crippen molar-refractivity contribution in [2.24, 2.45) is 4.99 Å². The van der Waals surface area contributed by atoms with Crippen molar-refractivity contribution >= 4 is 29.5 Å². The molecule has 5 nitrogen and oxygen atoms in total. The molecule has 0 aromatic heterocycles. The Balaban J connectivity index is 1.71. The highest BCUT2D eigenvalue weighted by Crippen LogP contribution is 2.34. The fraction of sp³-hybridized carbons (Fsp3) is 0.0800. The number of hydrogen-bond acceptors (Lipinski definition) is 4. The van der Waals surface area contributed by atoms with Crippen molar-refractivity contribution in [3.8, 4) is 0 Å². The van der Waals surface area contributed by atoms with E-state index in [0.717, 1.165) is 5.56 Å². The molecule has 0 aliphatic heterocycles. The zero-order valence-corrected chi connectivity index (χ0v) is 17.7. The number of aliphatic imine (C=N–C) groups is 1. The van der Waals surface area contributed by atoms with Crippen LogP contribution < -0.4 is 15.9 Å². The summed E-state index contributed by atoms with van der Waals surface area (Å²) in [7, 11) is -0.792. The number of benzene rings is 3. The summed E-state index contributed by atoms with van der Waals surface area (Å²) in [5.74, 6) is -0.0172. The molecule has 0 saturated carbocycles. The lowest BCUT2D eigenvalue weighted by atomic mass is 10.1. The molecule has 6 heteroatoms. The highest BCUT2D eigenvalue weighted by Gasteiger charge is 2.22. The molecule has 0 unspecified atom stereocenters. The number of nitrogens with zero attached hydrogens (tertiary/aromatic N) is 2. The van der Waals surface area contributed by atoms with Gasteiger partial charge < -0.3 is 5.11 Å². The second-order valence-corrected chi connectivity index (χ2v) is 9.23. The Morgan fingerprint density at radius 1 is 0.871 bits per heavy atom. The van der Waals surface area contributed by atoms with Gasteiger partial charge in [-0.3, -0.25) is 15.1 Å². The molecule has 0 amide bonds. The molecule has 3 aromatic carbocycles. The Hall–Kier alpha value is -3.56. The van der Waals surface area contributed by atoms with Crippen LogP contribution in [0.3, 0.4) is 0 Å². The van der Waals surface area contributed by atoms with Crippen molar-refractivity contribution in [1.29, 1.82) is 0 Å². The van der Waals surface area contributed by atoms with E-state index < -0.39 is 12.8 Å². The smallest absolute Gasteiger partial charge is 0.252 e. The fourth-order valence-electron chi connectivity index (χ4n) is 3.48. The zero-order chi connectivity index (χ0) is 21.6. The van der Waals surface area contributed by atoms with Crippen molar-refractivity contribution in [2.45, 2.75) is 13.0 Å². The molecule has 1 N–H and O–H groups in total. The van der Waals surface area contributed by atoms with E-state index in [-0.39, 0.29) is 17.9 Å². The van der Waals surface area contributed by atoms with Gasteiger partial charge in [-0.2, -0.15) is 0 Å². The van der Waals surface area contributed by atoms with Gasteiger partial charge in [-0.1, -0.05) is 84.9 Å². The van der Waals surface area contributed by atoms with Crippen LogP contribution in [0.4, 0.5) is 0 Å². The summed E-state index contributed by atoms with van der Waals surface area (Å²) in [6.45, 7) is 0.340. The number of nitro groups is 1. The Morgan fingerprint density at radius 3 is 2.06 bits per heavy atom. The minimum atomic E-state index is -0.792. The highest BCUT2D eigenvalue weighted by atomic mass is 31.1. The molecule has 0 bridgehead atoms. The van der Waals surface area contributed by atoms with Gasteiger partial charge in [0.1, 0.15) is 5.76 Å². The maximum atomic E-state index is 11.1. The summed E-state index contributed by atoms with van der Waals surface area (Å²) >= 11 is 0. The van der Waals surface area contributed by atoms with E-state index in [9.17, 15) is 15.2 Å². The summed E-state index contributed by atoms with van der Waals surface area (Å²) in [6.07, 6.45) is 2.68. The molecule has 0 fully saturated rings. The standard InChI is InChI=1S/C25H21N2O3P/c28-24-16-15-20(27(29)30)17-23(24)26-18-19-9-7-8-14-25(19)31(21-10-3-1-4-11-21)22-12-5-2-6-13-22/h1-16,28H,17-18H2. The summed E-state index contributed by atoms with van der Waals surface area (Å²) in [5, 5.41) is 24.9. The van der Waals surface area contributed by atoms with Crippen LogP contribution >= 0.6 is 7.92 Å². The normalized spacial score (nSPS) is 14.9. The third-order valence-corrected chi connectivity index (χ3v) is 7.56. The van der Waals surface area contributed by atoms with E-state index in [0.29, 0.717) is 12.3 Å². The van der Waals surface area contributed by atoms with Gasteiger partial charge >= 0.3 is 0 Å². The SMILES string of the molecule is O=[N+]([O-])C1=CC=C(O)C(=NCc2ccccc2P(c2ccccc2)c2ccccc2)C1. The zero-order valence-electron chi connectivity index (χ0n) is 16.8. The first-order valence-electron chi connectivity index (χ1n) is 9.89. The van der Waals surface area contributed by atoms with E-state index in [1.54, 1.807) is 0 Å². The second kappa shape index (κ2) is 9.50. The Kier molecular flexibility index (Phi) is 6.34. The van der Waals surface area contributed by atoms with Crippen LogP contribution in [0.2, 0.25) is 0 Å². The van der Waals surface area contributed by atoms with E-state index in [1.807, 2.05) is 54.6 Å². The van der Waals surface area contributed by atoms with Gasteiger partial charge in [0.2, 0.25) is 0 Å². The number of allylic oxidation sites excluding steroid dienone is 4. The fourth-order valence-corrected chi connectivity index (χ4v) is 5.94. The maximum absolute atomic E-state index is 11.1. The minimum absolute atomic E-state index is 0.0172. The van der Waals surface area contributed by atoms with Gasteiger partial charge in [-0.15, -0.1) is 0 Å². The van der Waals surface area contributed by atoms with Crippen LogP contribution in [0.25, 0.3) is 0 Å². The van der Waals surface area contributed by atoms with Crippen molar-refractivity contribution in [3.05, 3.63) is 124 Å². The molecule has 154 valence electrons. The third kappa shape index (κ3) is 4.79. The van der Waals surface area contributed by atoms with Crippen LogP contribution in [0.15, 0.2) is 114 Å². The molecule has 3 aromatic rings. The maximum Gasteiger partial charge on any atom is 0.252 e. The number of aliphatic hydroxyl groups excluding tert-OH is 1. The number of rotatable bonds is 6. The lowest BCUT2D eigenvalue weighted by Gasteiger charge is -2.22. The lowest BCUT2D eigenvalue weighted by molar-refractivity contribution is -0.426. The number of hydrogen-bond donors (Lipinski definition) is 1. The molecule has 0 heterocycles. The lowest BCUT2D eigenvalue weighted by Crippen LogP contribution is -2.23. The molecule has 0 radical (unpaired) electrons. The van der Waals surface area contributed by atoms with Crippen molar-refractivity contribution in [3.63, 3.8) is 0 Å². The largest absolute Gasteiger partial charge is 0.506 e. The molecule has 1 aliphatic rings. The van der Waals surface area contributed by atoms with Gasteiger partial charge in [0.05, 0.1) is 23.6 Å². The minimum Gasteiger partial charge on any atom is -0.506 e. The summed E-state index contributed by atoms with van der Waals surface area (Å²) < 4.78 is 0. The quantitative estimate of drug-likeness (QED) is 0.359. The van der Waals surface area contributed by atoms with Crippen LogP contribution in [-0.4, -0.2) is 15.7 Å². The second-order valence-electron chi connectivity index (χ2n) is 7.04. The van der Waals surface area contributed by atoms with Crippen molar-refractivity contribution < 1.29 is 10.0 Å². The summed E-state index contributed by atoms with van der Waals surface area (Å²) in [6, 6.07) is 29.0. The van der Waals surface area contributed by atoms with Gasteiger partial charge in [-0.25, -0.2) is 0 Å². The summed E-state index contributed by atoms with van der Waals surface area (Å²) in [5.41, 5.74) is 1.41. The first-order chi connectivity index (χ1) is 15.1. The van der Waals surface area contributed by atoms with E-state index in [2.05, 4.69) is 35.3 Å². The molecule has 1 aliphatic carbocycles. The van der Waals surface area contributed by atoms with Crippen LogP contribution in [0.1, 0.15) is 12.0 Å². The first kappa shape index (κ1) is 20.7. The topological polar surface area (TPSA) is 75.7 Å². The Labute approximate surface area is 182 Å². The molecular formula is C25H21N2O3P. The van der Waals surface area contributed by atoms with Crippen LogP contribution in [-0.2, 0) is 6.54 Å². The van der Waals surface area contributed by atoms with Crippen molar-refractivity contribution in [1.82, 2.24) is 0 Å². The monoisotopic (exact) mass is 428 g/mol. The highest BCUT2D eigenvalue weighted by molar-refractivity contribution is 7.79. The molecule has 4 rings (SSSR count). The van der Waals surface area contributed by atoms with E-state index in [4.69, 9.17) is 0 Å². The van der Waals surface area contributed by atoms with Gasteiger partial charge in [0, 0.05) is 6.08 Å². The predicted octanol–water partition coefficient (Wildman–Crippen LogP) is 4.39. The Morgan fingerprint density at radius 2 is 1.45 bits per heavy atom. The van der Waals surface area contributed by atoms with Crippen LogP contribution in [0.5, 0.6) is 0 Å². The van der Waals surface area contributed by atoms with E-state index in [1.165, 1.54) is 28.1 Å². The number of aliphatic hydroxyl groups is 1. The molecule has 0 spiro atoms. The summed E-state index contributed by atoms with van der Waals surface area (Å²) in [4.78, 5) is 15.2. The average Bonchev–Trinajstić information content (AvgIpc) is 2.81. The van der Waals surface area contributed by atoms with Crippen molar-refractivity contribution in [2.75, 3.05) is 0 Å². The van der Waals surface area contributed by atoms with Gasteiger partial charge in [-0.05, 0) is 35.5 Å². The third-order valence-electron chi connectivity index (χ3n) is 5.01. The first-order valence-corrected chi connectivity index (χ1v) is 11.2. The van der Waals surface area contributed by atoms with Gasteiger partial charge in [0.25, 0.3) is 5.70 Å². The molecule has 31 heavy (non-hydrogen) atoms. The Bertz CT molecular complexity index is 1130. The predicted molar refractivity (Wildman–Crippen MR) is 127 cm³/mol. The van der Waals surface area contributed by atoms with E-state index >= 15 is 0 Å². The average molecular weight is 428 g/mol.